The van der Waals surface area contributed by atoms with Gasteiger partial charge in [0.15, 0.2) is 0 Å². The highest BCUT2D eigenvalue weighted by atomic mass is 16.5. The molecular formula is C16H27NO4. The zero-order chi connectivity index (χ0) is 15.9. The first-order chi connectivity index (χ1) is 9.87. The lowest BCUT2D eigenvalue weighted by Gasteiger charge is -2.20. The zero-order valence-corrected chi connectivity index (χ0v) is 13.6. The van der Waals surface area contributed by atoms with E-state index in [2.05, 4.69) is 0 Å². The van der Waals surface area contributed by atoms with Gasteiger partial charge >= 0.3 is 0 Å². The quantitative estimate of drug-likeness (QED) is 0.747. The lowest BCUT2D eigenvalue weighted by molar-refractivity contribution is -0.0364. The van der Waals surface area contributed by atoms with Gasteiger partial charge in [-0.3, -0.25) is 0 Å². The van der Waals surface area contributed by atoms with Crippen molar-refractivity contribution < 1.29 is 18.9 Å². The number of rotatable bonds is 8. The molecule has 0 aliphatic heterocycles. The van der Waals surface area contributed by atoms with E-state index in [4.69, 9.17) is 24.7 Å². The second-order valence-electron chi connectivity index (χ2n) is 5.75. The average Bonchev–Trinajstić information content (AvgIpc) is 2.44. The number of ether oxygens (including phenoxy) is 4. The SMILES string of the molecule is COc1ccc(OC)c(C(N)COCCOC(C)(C)C)c1. The minimum Gasteiger partial charge on any atom is -0.497 e. The van der Waals surface area contributed by atoms with Gasteiger partial charge < -0.3 is 24.7 Å². The fourth-order valence-electron chi connectivity index (χ4n) is 1.84. The summed E-state index contributed by atoms with van der Waals surface area (Å²) in [5, 5.41) is 0. The Hall–Kier alpha value is -1.30. The standard InChI is InChI=1S/C16H27NO4/c1-16(2,3)21-9-8-20-11-14(17)13-10-12(18-4)6-7-15(13)19-5/h6-7,10,14H,8-9,11,17H2,1-5H3. The summed E-state index contributed by atoms with van der Waals surface area (Å²) < 4.78 is 21.7. The maximum absolute atomic E-state index is 6.16. The van der Waals surface area contributed by atoms with Crippen molar-refractivity contribution in [2.24, 2.45) is 5.73 Å². The molecule has 2 N–H and O–H groups in total. The van der Waals surface area contributed by atoms with Gasteiger partial charge in [0.1, 0.15) is 11.5 Å². The van der Waals surface area contributed by atoms with E-state index >= 15 is 0 Å². The molecule has 0 radical (unpaired) electrons. The molecule has 0 saturated carbocycles. The summed E-state index contributed by atoms with van der Waals surface area (Å²) in [5.74, 6) is 1.48. The molecule has 1 unspecified atom stereocenters. The van der Waals surface area contributed by atoms with Crippen LogP contribution in [0.2, 0.25) is 0 Å². The van der Waals surface area contributed by atoms with E-state index in [9.17, 15) is 0 Å². The molecule has 0 heterocycles. The van der Waals surface area contributed by atoms with Crippen LogP contribution in [0, 0.1) is 0 Å². The summed E-state index contributed by atoms with van der Waals surface area (Å²) in [6, 6.07) is 5.28. The molecule has 5 nitrogen and oxygen atoms in total. The number of nitrogens with two attached hydrogens (primary N) is 1. The van der Waals surface area contributed by atoms with Crippen molar-refractivity contribution in [3.8, 4) is 11.5 Å². The fourth-order valence-corrected chi connectivity index (χ4v) is 1.84. The predicted octanol–water partition coefficient (Wildman–Crippen LogP) is 2.54. The maximum Gasteiger partial charge on any atom is 0.123 e. The van der Waals surface area contributed by atoms with E-state index in [1.807, 2.05) is 39.0 Å². The van der Waals surface area contributed by atoms with E-state index in [0.717, 1.165) is 17.1 Å². The molecule has 0 aliphatic rings. The number of methoxy groups -OCH3 is 2. The van der Waals surface area contributed by atoms with Gasteiger partial charge in [-0.1, -0.05) is 0 Å². The number of hydrogen-bond donors (Lipinski definition) is 1. The molecule has 21 heavy (non-hydrogen) atoms. The normalized spacial score (nSPS) is 13.0. The van der Waals surface area contributed by atoms with Crippen molar-refractivity contribution in [3.63, 3.8) is 0 Å². The second kappa shape index (κ2) is 8.22. The van der Waals surface area contributed by atoms with Crippen LogP contribution in [0.3, 0.4) is 0 Å². The Morgan fingerprint density at radius 1 is 1.10 bits per heavy atom. The van der Waals surface area contributed by atoms with Crippen LogP contribution in [0.25, 0.3) is 0 Å². The van der Waals surface area contributed by atoms with Crippen LogP contribution in [-0.2, 0) is 9.47 Å². The molecule has 0 spiro atoms. The molecule has 1 aromatic carbocycles. The van der Waals surface area contributed by atoms with Gasteiger partial charge in [0.2, 0.25) is 0 Å². The molecule has 0 aromatic heterocycles. The molecule has 1 rings (SSSR count). The summed E-state index contributed by atoms with van der Waals surface area (Å²) >= 11 is 0. The van der Waals surface area contributed by atoms with E-state index in [-0.39, 0.29) is 11.6 Å². The monoisotopic (exact) mass is 297 g/mol. The van der Waals surface area contributed by atoms with Crippen LogP contribution in [0.1, 0.15) is 32.4 Å². The predicted molar refractivity (Wildman–Crippen MR) is 83.0 cm³/mol. The molecule has 0 amide bonds. The Balaban J connectivity index is 2.49. The molecule has 1 aromatic rings. The van der Waals surface area contributed by atoms with Crippen molar-refractivity contribution in [3.05, 3.63) is 23.8 Å². The minimum atomic E-state index is -0.273. The number of hydrogen-bond acceptors (Lipinski definition) is 5. The van der Waals surface area contributed by atoms with E-state index in [0.29, 0.717) is 19.8 Å². The number of benzene rings is 1. The van der Waals surface area contributed by atoms with Crippen molar-refractivity contribution >= 4 is 0 Å². The first-order valence-electron chi connectivity index (χ1n) is 7.06. The van der Waals surface area contributed by atoms with Gasteiger partial charge in [-0.15, -0.1) is 0 Å². The highest BCUT2D eigenvalue weighted by Gasteiger charge is 2.14. The van der Waals surface area contributed by atoms with E-state index in [1.165, 1.54) is 0 Å². The summed E-state index contributed by atoms with van der Waals surface area (Å²) in [6.45, 7) is 7.50. The highest BCUT2D eigenvalue weighted by molar-refractivity contribution is 5.42. The van der Waals surface area contributed by atoms with Gasteiger partial charge in [0.05, 0.1) is 45.7 Å². The lowest BCUT2D eigenvalue weighted by atomic mass is 10.1. The summed E-state index contributed by atoms with van der Waals surface area (Å²) in [5.41, 5.74) is 6.88. The van der Waals surface area contributed by atoms with Crippen LogP contribution in [0.5, 0.6) is 11.5 Å². The van der Waals surface area contributed by atoms with Crippen molar-refractivity contribution in [1.82, 2.24) is 0 Å². The third-order valence-electron chi connectivity index (χ3n) is 2.90. The maximum atomic E-state index is 6.16. The first kappa shape index (κ1) is 17.8. The summed E-state index contributed by atoms with van der Waals surface area (Å²) in [6.07, 6.45) is 0. The molecule has 0 aliphatic carbocycles. The average molecular weight is 297 g/mol. The van der Waals surface area contributed by atoms with Gasteiger partial charge in [-0.2, -0.15) is 0 Å². The molecule has 0 fully saturated rings. The van der Waals surface area contributed by atoms with Gasteiger partial charge in [0.25, 0.3) is 0 Å². The topological polar surface area (TPSA) is 62.9 Å². The first-order valence-corrected chi connectivity index (χ1v) is 7.06. The van der Waals surface area contributed by atoms with E-state index < -0.39 is 0 Å². The Labute approximate surface area is 127 Å². The minimum absolute atomic E-state index is 0.151. The summed E-state index contributed by atoms with van der Waals surface area (Å²) in [4.78, 5) is 0. The molecule has 1 atom stereocenters. The Morgan fingerprint density at radius 2 is 1.81 bits per heavy atom. The molecule has 5 heteroatoms. The van der Waals surface area contributed by atoms with Crippen molar-refractivity contribution in [2.45, 2.75) is 32.4 Å². The second-order valence-corrected chi connectivity index (χ2v) is 5.75. The van der Waals surface area contributed by atoms with Crippen molar-refractivity contribution in [2.75, 3.05) is 34.0 Å². The smallest absolute Gasteiger partial charge is 0.123 e. The van der Waals surface area contributed by atoms with Gasteiger partial charge in [-0.05, 0) is 39.0 Å². The van der Waals surface area contributed by atoms with Crippen LogP contribution in [0.4, 0.5) is 0 Å². The van der Waals surface area contributed by atoms with Crippen molar-refractivity contribution in [1.29, 1.82) is 0 Å². The fraction of sp³-hybridized carbons (Fsp3) is 0.625. The van der Waals surface area contributed by atoms with Crippen LogP contribution in [-0.4, -0.2) is 39.6 Å². The van der Waals surface area contributed by atoms with Gasteiger partial charge in [-0.25, -0.2) is 0 Å². The third kappa shape index (κ3) is 6.33. The Morgan fingerprint density at radius 3 is 2.38 bits per heavy atom. The Bertz CT molecular complexity index is 429. The van der Waals surface area contributed by atoms with Crippen LogP contribution >= 0.6 is 0 Å². The molecule has 0 bridgehead atoms. The summed E-state index contributed by atoms with van der Waals surface area (Å²) in [7, 11) is 3.24. The molecule has 0 saturated heterocycles. The molecular weight excluding hydrogens is 270 g/mol. The lowest BCUT2D eigenvalue weighted by Crippen LogP contribution is -2.23. The Kier molecular flexibility index (Phi) is 6.95. The highest BCUT2D eigenvalue weighted by Crippen LogP contribution is 2.28. The van der Waals surface area contributed by atoms with Crippen LogP contribution < -0.4 is 15.2 Å². The van der Waals surface area contributed by atoms with E-state index in [1.54, 1.807) is 14.2 Å². The van der Waals surface area contributed by atoms with Crippen LogP contribution in [0.15, 0.2) is 18.2 Å². The zero-order valence-electron chi connectivity index (χ0n) is 13.6. The third-order valence-corrected chi connectivity index (χ3v) is 2.90. The molecule has 120 valence electrons. The van der Waals surface area contributed by atoms with Gasteiger partial charge in [0, 0.05) is 5.56 Å². The largest absolute Gasteiger partial charge is 0.497 e.